The quantitative estimate of drug-likeness (QED) is 0.589. The van der Waals surface area contributed by atoms with Crippen molar-refractivity contribution in [1.82, 2.24) is 10.2 Å². The first kappa shape index (κ1) is 17.8. The van der Waals surface area contributed by atoms with Crippen molar-refractivity contribution in [1.29, 1.82) is 0 Å². The van der Waals surface area contributed by atoms with Crippen molar-refractivity contribution in [3.05, 3.63) is 36.4 Å². The Morgan fingerprint density at radius 2 is 1.90 bits per heavy atom. The summed E-state index contributed by atoms with van der Waals surface area (Å²) in [6, 6.07) is 12.0. The molecule has 0 bridgehead atoms. The van der Waals surface area contributed by atoms with E-state index in [2.05, 4.69) is 11.4 Å². The first-order valence-electron chi connectivity index (χ1n) is 6.36. The molecule has 2 fully saturated rings. The number of ether oxygens (including phenoxy) is 1. The summed E-state index contributed by atoms with van der Waals surface area (Å²) in [4.78, 5) is 34.7. The van der Waals surface area contributed by atoms with Crippen LogP contribution in [0, 0.1) is 6.07 Å². The molecule has 21 heavy (non-hydrogen) atoms. The molecule has 3 rings (SSSR count). The minimum Gasteiger partial charge on any atom is -0.448 e. The fraction of sp³-hybridized carbons (Fsp3) is 0.357. The molecule has 0 spiro atoms. The number of cyclic esters (lactones) is 1. The van der Waals surface area contributed by atoms with E-state index in [1.54, 1.807) is 0 Å². The van der Waals surface area contributed by atoms with Crippen LogP contribution in [0.1, 0.15) is 12.8 Å². The van der Waals surface area contributed by atoms with Gasteiger partial charge in [0.25, 0.3) is 0 Å². The van der Waals surface area contributed by atoms with E-state index in [9.17, 15) is 14.4 Å². The van der Waals surface area contributed by atoms with Crippen molar-refractivity contribution in [2.24, 2.45) is 0 Å². The normalized spacial score (nSPS) is 20.7. The number of amides is 3. The third kappa shape index (κ3) is 5.21. The smallest absolute Gasteiger partial charge is 0.410 e. The van der Waals surface area contributed by atoms with Crippen molar-refractivity contribution in [2.45, 2.75) is 18.9 Å². The number of benzene rings is 1. The molecule has 0 saturated carbocycles. The Bertz CT molecular complexity index is 468. The molecule has 1 atom stereocenters. The predicted octanol–water partition coefficient (Wildman–Crippen LogP) is 0.728. The van der Waals surface area contributed by atoms with E-state index in [4.69, 9.17) is 4.74 Å². The predicted molar refractivity (Wildman–Crippen MR) is 69.5 cm³/mol. The minimum absolute atomic E-state index is 0. The van der Waals surface area contributed by atoms with Crippen LogP contribution in [0.15, 0.2) is 30.3 Å². The van der Waals surface area contributed by atoms with Crippen molar-refractivity contribution < 1.29 is 51.8 Å². The van der Waals surface area contributed by atoms with Gasteiger partial charge in [0.05, 0.1) is 6.54 Å². The molecule has 1 aromatic carbocycles. The average molecular weight is 364 g/mol. The van der Waals surface area contributed by atoms with Gasteiger partial charge in [-0.15, -0.1) is 0 Å². The zero-order valence-corrected chi connectivity index (χ0v) is 14.3. The molecular formula is C14H15N2O4Y-. The van der Waals surface area contributed by atoms with E-state index in [0.29, 0.717) is 19.6 Å². The van der Waals surface area contributed by atoms with E-state index < -0.39 is 18.0 Å². The molecule has 6 nitrogen and oxygen atoms in total. The molecule has 1 N–H and O–H groups in total. The van der Waals surface area contributed by atoms with E-state index >= 15 is 0 Å². The Labute approximate surface area is 148 Å². The van der Waals surface area contributed by atoms with Crippen LogP contribution in [0.25, 0.3) is 0 Å². The Hall–Kier alpha value is -1.27. The van der Waals surface area contributed by atoms with Crippen molar-refractivity contribution >= 4 is 17.9 Å². The summed E-state index contributed by atoms with van der Waals surface area (Å²) in [5.74, 6) is -0.682. The molecule has 3 amide bonds. The van der Waals surface area contributed by atoms with E-state index in [1.165, 1.54) is 4.90 Å². The summed E-state index contributed by atoms with van der Waals surface area (Å²) in [5, 5.41) is 2.20. The van der Waals surface area contributed by atoms with E-state index in [0.717, 1.165) is 0 Å². The summed E-state index contributed by atoms with van der Waals surface area (Å²) >= 11 is 0. The molecule has 2 aliphatic rings. The largest absolute Gasteiger partial charge is 0.448 e. The monoisotopic (exact) mass is 364 g/mol. The van der Waals surface area contributed by atoms with Crippen LogP contribution < -0.4 is 5.32 Å². The van der Waals surface area contributed by atoms with Gasteiger partial charge in [-0.3, -0.25) is 19.8 Å². The van der Waals surface area contributed by atoms with Crippen LogP contribution >= 0.6 is 0 Å². The topological polar surface area (TPSA) is 75.7 Å². The molecule has 2 heterocycles. The second-order valence-electron chi connectivity index (χ2n) is 4.35. The summed E-state index contributed by atoms with van der Waals surface area (Å²) in [6.45, 7) is 0.738. The second kappa shape index (κ2) is 8.90. The third-order valence-corrected chi connectivity index (χ3v) is 2.99. The van der Waals surface area contributed by atoms with Crippen LogP contribution in [0.3, 0.4) is 0 Å². The summed E-state index contributed by atoms with van der Waals surface area (Å²) in [7, 11) is 0. The van der Waals surface area contributed by atoms with Crippen LogP contribution in [0.4, 0.5) is 4.79 Å². The third-order valence-electron chi connectivity index (χ3n) is 2.99. The van der Waals surface area contributed by atoms with Crippen LogP contribution in [0.5, 0.6) is 0 Å². The molecule has 1 aromatic rings. The maximum Gasteiger partial charge on any atom is 0.410 e. The molecule has 109 valence electrons. The molecule has 2 saturated heterocycles. The number of piperidine rings is 1. The molecule has 1 unspecified atom stereocenters. The number of nitrogens with one attached hydrogen (secondary N) is 1. The van der Waals surface area contributed by atoms with Crippen molar-refractivity contribution in [2.75, 3.05) is 13.2 Å². The molecule has 0 aromatic heterocycles. The van der Waals surface area contributed by atoms with Gasteiger partial charge in [-0.2, -0.15) is 36.4 Å². The standard InChI is InChI=1S/C8H10N2O4.C6H5.Y/c11-6-2-1-5(7(12)9-6)10-3-4-14-8(10)13;1-2-4-6-5-3-1;/h5H,1-4H2,(H,9,11,12);1-5H;/q;-1;. The summed E-state index contributed by atoms with van der Waals surface area (Å²) in [5.41, 5.74) is 0. The fourth-order valence-electron chi connectivity index (χ4n) is 2.01. The minimum atomic E-state index is -0.539. The molecular weight excluding hydrogens is 349 g/mol. The number of carbonyl (C=O) groups excluding carboxylic acids is 3. The first-order valence-corrected chi connectivity index (χ1v) is 6.36. The van der Waals surface area contributed by atoms with Crippen molar-refractivity contribution in [3.63, 3.8) is 0 Å². The Morgan fingerprint density at radius 3 is 2.33 bits per heavy atom. The van der Waals surface area contributed by atoms with Gasteiger partial charge in [-0.05, 0) is 6.42 Å². The first-order chi connectivity index (χ1) is 9.68. The average Bonchev–Trinajstić information content (AvgIpc) is 2.88. The maximum atomic E-state index is 11.4. The molecule has 0 aliphatic carbocycles. The fourth-order valence-corrected chi connectivity index (χ4v) is 2.01. The van der Waals surface area contributed by atoms with Gasteiger partial charge in [-0.1, -0.05) is 0 Å². The Morgan fingerprint density at radius 1 is 1.19 bits per heavy atom. The molecule has 1 radical (unpaired) electrons. The van der Waals surface area contributed by atoms with Crippen LogP contribution in [0.2, 0.25) is 0 Å². The summed E-state index contributed by atoms with van der Waals surface area (Å²) in [6.07, 6.45) is 0.194. The van der Waals surface area contributed by atoms with Gasteiger partial charge in [-0.25, -0.2) is 4.79 Å². The number of hydrogen-bond donors (Lipinski definition) is 1. The zero-order valence-electron chi connectivity index (χ0n) is 11.5. The van der Waals surface area contributed by atoms with Gasteiger partial charge in [0.1, 0.15) is 12.6 Å². The molecule has 7 heteroatoms. The number of carbonyl (C=O) groups is 3. The second-order valence-corrected chi connectivity index (χ2v) is 4.35. The van der Waals surface area contributed by atoms with Gasteiger partial charge in [0, 0.05) is 39.1 Å². The Balaban J connectivity index is 0.000000267. The number of imide groups is 1. The maximum absolute atomic E-state index is 11.4. The van der Waals surface area contributed by atoms with E-state index in [-0.39, 0.29) is 45.0 Å². The van der Waals surface area contributed by atoms with Crippen LogP contribution in [-0.2, 0) is 47.0 Å². The number of nitrogens with zero attached hydrogens (tertiary/aromatic N) is 1. The van der Waals surface area contributed by atoms with Crippen molar-refractivity contribution in [3.8, 4) is 0 Å². The van der Waals surface area contributed by atoms with Crippen LogP contribution in [-0.4, -0.2) is 42.0 Å². The molecule has 2 aliphatic heterocycles. The number of rotatable bonds is 1. The van der Waals surface area contributed by atoms with Gasteiger partial charge >= 0.3 is 6.09 Å². The number of hydrogen-bond acceptors (Lipinski definition) is 4. The van der Waals surface area contributed by atoms with Gasteiger partial charge < -0.3 is 4.74 Å². The van der Waals surface area contributed by atoms with Gasteiger partial charge in [0.2, 0.25) is 11.8 Å². The zero-order chi connectivity index (χ0) is 14.4. The SMILES string of the molecule is O=C1CCC(N2CCOC2=O)C(=O)N1.[Y].[c-]1ccccc1. The Kier molecular flexibility index (Phi) is 7.53. The van der Waals surface area contributed by atoms with Gasteiger partial charge in [0.15, 0.2) is 0 Å². The van der Waals surface area contributed by atoms with E-state index in [1.807, 2.05) is 30.3 Å². The summed E-state index contributed by atoms with van der Waals surface area (Å²) < 4.78 is 4.72.